The SMILES string of the molecule is Fc1cccc(N2CC(c3ccc(C(F)(F)F)cc3)CC[C@H]2COC(F)F)c1. The highest BCUT2D eigenvalue weighted by atomic mass is 19.4. The molecule has 1 saturated heterocycles. The van der Waals surface area contributed by atoms with Gasteiger partial charge in [0.25, 0.3) is 0 Å². The van der Waals surface area contributed by atoms with Crippen LogP contribution in [0.5, 0.6) is 0 Å². The van der Waals surface area contributed by atoms with Gasteiger partial charge in [-0.1, -0.05) is 18.2 Å². The Morgan fingerprint density at radius 2 is 1.75 bits per heavy atom. The second kappa shape index (κ2) is 8.43. The van der Waals surface area contributed by atoms with Crippen LogP contribution >= 0.6 is 0 Å². The molecule has 2 aromatic carbocycles. The molecular weight excluding hydrogens is 384 g/mol. The van der Waals surface area contributed by atoms with Crippen molar-refractivity contribution < 1.29 is 31.1 Å². The topological polar surface area (TPSA) is 12.5 Å². The van der Waals surface area contributed by atoms with Gasteiger partial charge in [-0.05, 0) is 48.7 Å². The minimum Gasteiger partial charge on any atom is -0.366 e. The van der Waals surface area contributed by atoms with E-state index in [2.05, 4.69) is 4.74 Å². The molecule has 28 heavy (non-hydrogen) atoms. The quantitative estimate of drug-likeness (QED) is 0.582. The molecule has 0 amide bonds. The number of alkyl halides is 5. The Morgan fingerprint density at radius 3 is 2.36 bits per heavy atom. The van der Waals surface area contributed by atoms with Crippen molar-refractivity contribution in [1.29, 1.82) is 0 Å². The number of halogens is 6. The number of nitrogens with zero attached hydrogens (tertiary/aromatic N) is 1. The first-order valence-electron chi connectivity index (χ1n) is 8.83. The lowest BCUT2D eigenvalue weighted by Crippen LogP contribution is -2.45. The van der Waals surface area contributed by atoms with E-state index < -0.39 is 24.2 Å². The van der Waals surface area contributed by atoms with E-state index in [1.807, 2.05) is 0 Å². The Kier molecular flexibility index (Phi) is 6.17. The van der Waals surface area contributed by atoms with Crippen LogP contribution in [0.3, 0.4) is 0 Å². The van der Waals surface area contributed by atoms with Crippen molar-refractivity contribution in [2.75, 3.05) is 18.1 Å². The summed E-state index contributed by atoms with van der Waals surface area (Å²) in [5.74, 6) is -0.559. The van der Waals surface area contributed by atoms with Crippen molar-refractivity contribution in [2.24, 2.45) is 0 Å². The summed E-state index contributed by atoms with van der Waals surface area (Å²) in [7, 11) is 0. The molecule has 0 aliphatic carbocycles. The van der Waals surface area contributed by atoms with Crippen LogP contribution in [0.1, 0.15) is 29.9 Å². The maximum Gasteiger partial charge on any atom is 0.416 e. The summed E-state index contributed by atoms with van der Waals surface area (Å²) in [4.78, 5) is 1.79. The van der Waals surface area contributed by atoms with Crippen molar-refractivity contribution >= 4 is 5.69 Å². The molecule has 2 atom stereocenters. The number of hydrogen-bond donors (Lipinski definition) is 0. The van der Waals surface area contributed by atoms with E-state index in [1.165, 1.54) is 30.3 Å². The third-order valence-corrected chi connectivity index (χ3v) is 4.97. The average Bonchev–Trinajstić information content (AvgIpc) is 2.65. The first kappa shape index (κ1) is 20.5. The van der Waals surface area contributed by atoms with Crippen LogP contribution in [0, 0.1) is 5.82 Å². The number of piperidine rings is 1. The van der Waals surface area contributed by atoms with E-state index in [1.54, 1.807) is 11.0 Å². The third-order valence-electron chi connectivity index (χ3n) is 4.97. The highest BCUT2D eigenvalue weighted by Crippen LogP contribution is 2.36. The fourth-order valence-corrected chi connectivity index (χ4v) is 3.57. The second-order valence-electron chi connectivity index (χ2n) is 6.77. The Labute approximate surface area is 158 Å². The number of hydrogen-bond acceptors (Lipinski definition) is 2. The predicted molar refractivity (Wildman–Crippen MR) is 92.9 cm³/mol. The van der Waals surface area contributed by atoms with Crippen LogP contribution in [0.4, 0.5) is 32.0 Å². The van der Waals surface area contributed by atoms with E-state index in [0.29, 0.717) is 25.1 Å². The maximum absolute atomic E-state index is 13.7. The summed E-state index contributed by atoms with van der Waals surface area (Å²) in [6, 6.07) is 10.4. The molecule has 8 heteroatoms. The standard InChI is InChI=1S/C20H19F6NO/c21-16-2-1-3-17(10-16)27-11-14(6-9-18(27)12-28-19(22)23)13-4-7-15(8-5-13)20(24,25)26/h1-5,7-8,10,14,18-19H,6,9,11-12H2/t14?,18-/m0/s1. The van der Waals surface area contributed by atoms with Crippen molar-refractivity contribution in [3.05, 3.63) is 65.5 Å². The molecule has 0 spiro atoms. The van der Waals surface area contributed by atoms with Crippen molar-refractivity contribution in [3.63, 3.8) is 0 Å². The minimum absolute atomic E-state index is 0.103. The Bertz CT molecular complexity index is 777. The molecule has 1 aliphatic rings. The van der Waals surface area contributed by atoms with Gasteiger partial charge in [0.1, 0.15) is 5.82 Å². The molecule has 3 rings (SSSR count). The van der Waals surface area contributed by atoms with Crippen LogP contribution in [0.15, 0.2) is 48.5 Å². The lowest BCUT2D eigenvalue weighted by molar-refractivity contribution is -0.137. The van der Waals surface area contributed by atoms with Crippen molar-refractivity contribution in [1.82, 2.24) is 0 Å². The normalized spacial score (nSPS) is 20.6. The molecule has 0 N–H and O–H groups in total. The van der Waals surface area contributed by atoms with Gasteiger partial charge in [0, 0.05) is 18.2 Å². The van der Waals surface area contributed by atoms with Gasteiger partial charge < -0.3 is 9.64 Å². The molecule has 1 heterocycles. The van der Waals surface area contributed by atoms with Gasteiger partial charge >= 0.3 is 12.8 Å². The minimum atomic E-state index is -4.41. The van der Waals surface area contributed by atoms with Crippen LogP contribution in [0.2, 0.25) is 0 Å². The lowest BCUT2D eigenvalue weighted by Gasteiger charge is -2.41. The summed E-state index contributed by atoms with van der Waals surface area (Å²) in [6.45, 7) is -2.75. The van der Waals surface area contributed by atoms with Gasteiger partial charge in [-0.3, -0.25) is 0 Å². The third kappa shape index (κ3) is 4.98. The average molecular weight is 403 g/mol. The molecule has 1 unspecified atom stereocenters. The molecular formula is C20H19F6NO. The van der Waals surface area contributed by atoms with E-state index in [0.717, 1.165) is 17.7 Å². The van der Waals surface area contributed by atoms with Gasteiger partial charge in [-0.2, -0.15) is 22.0 Å². The molecule has 152 valence electrons. The first-order chi connectivity index (χ1) is 13.2. The second-order valence-corrected chi connectivity index (χ2v) is 6.77. The Morgan fingerprint density at radius 1 is 1.04 bits per heavy atom. The van der Waals surface area contributed by atoms with Gasteiger partial charge in [0.2, 0.25) is 0 Å². The van der Waals surface area contributed by atoms with Crippen LogP contribution in [-0.2, 0) is 10.9 Å². The fourth-order valence-electron chi connectivity index (χ4n) is 3.57. The van der Waals surface area contributed by atoms with Crippen molar-refractivity contribution in [2.45, 2.75) is 37.6 Å². The zero-order valence-electron chi connectivity index (χ0n) is 14.8. The zero-order chi connectivity index (χ0) is 20.3. The van der Waals surface area contributed by atoms with Gasteiger partial charge in [-0.15, -0.1) is 0 Å². The first-order valence-corrected chi connectivity index (χ1v) is 8.83. The van der Waals surface area contributed by atoms with E-state index in [9.17, 15) is 26.3 Å². The molecule has 0 radical (unpaired) electrons. The number of anilines is 1. The largest absolute Gasteiger partial charge is 0.416 e. The fraction of sp³-hybridized carbons (Fsp3) is 0.400. The molecule has 2 nitrogen and oxygen atoms in total. The monoisotopic (exact) mass is 403 g/mol. The molecule has 2 aromatic rings. The molecule has 0 bridgehead atoms. The van der Waals surface area contributed by atoms with Gasteiger partial charge in [0.15, 0.2) is 0 Å². The molecule has 0 saturated carbocycles. The van der Waals surface area contributed by atoms with Crippen molar-refractivity contribution in [3.8, 4) is 0 Å². The highest BCUT2D eigenvalue weighted by Gasteiger charge is 2.32. The summed E-state index contributed by atoms with van der Waals surface area (Å²) in [6.07, 6.45) is -3.31. The molecule has 1 fully saturated rings. The maximum atomic E-state index is 13.7. The summed E-state index contributed by atoms with van der Waals surface area (Å²) in [5, 5.41) is 0. The predicted octanol–water partition coefficient (Wildman–Crippen LogP) is 5.84. The molecule has 0 aromatic heterocycles. The number of ether oxygens (including phenoxy) is 1. The van der Waals surface area contributed by atoms with Crippen LogP contribution < -0.4 is 4.90 Å². The van der Waals surface area contributed by atoms with E-state index in [-0.39, 0.29) is 18.6 Å². The smallest absolute Gasteiger partial charge is 0.366 e. The van der Waals surface area contributed by atoms with Crippen LogP contribution in [-0.4, -0.2) is 25.8 Å². The highest BCUT2D eigenvalue weighted by molar-refractivity contribution is 5.49. The summed E-state index contributed by atoms with van der Waals surface area (Å²) < 4.78 is 81.3. The van der Waals surface area contributed by atoms with Crippen LogP contribution in [0.25, 0.3) is 0 Å². The Hall–Kier alpha value is -2.22. The summed E-state index contributed by atoms with van der Waals surface area (Å²) in [5.41, 5.74) is 0.527. The van der Waals surface area contributed by atoms with E-state index >= 15 is 0 Å². The molecule has 1 aliphatic heterocycles. The number of benzene rings is 2. The summed E-state index contributed by atoms with van der Waals surface area (Å²) >= 11 is 0. The van der Waals surface area contributed by atoms with Gasteiger partial charge in [-0.25, -0.2) is 4.39 Å². The van der Waals surface area contributed by atoms with Gasteiger partial charge in [0.05, 0.1) is 18.2 Å². The lowest BCUT2D eigenvalue weighted by atomic mass is 9.86. The zero-order valence-corrected chi connectivity index (χ0v) is 14.8. The Balaban J connectivity index is 1.81. The van der Waals surface area contributed by atoms with E-state index in [4.69, 9.17) is 0 Å². The number of rotatable bonds is 5.